The van der Waals surface area contributed by atoms with Crippen molar-refractivity contribution in [3.05, 3.63) is 35.5 Å². The van der Waals surface area contributed by atoms with Crippen LogP contribution in [-0.4, -0.2) is 33.1 Å². The topological polar surface area (TPSA) is 60.7 Å². The summed E-state index contributed by atoms with van der Waals surface area (Å²) in [6.45, 7) is 14.8. The number of fused-ring (bicyclic) bond motifs is 1. The highest BCUT2D eigenvalue weighted by Gasteiger charge is 2.50. The number of hydrogen-bond donors (Lipinski definition) is 3. The van der Waals surface area contributed by atoms with Gasteiger partial charge in [0.15, 0.2) is 0 Å². The lowest BCUT2D eigenvalue weighted by Gasteiger charge is -2.44. The summed E-state index contributed by atoms with van der Waals surface area (Å²) in [5.74, 6) is 1.94. The van der Waals surface area contributed by atoms with Crippen LogP contribution >= 0.6 is 0 Å². The predicted octanol–water partition coefficient (Wildman–Crippen LogP) is 5.95. The number of aliphatic hydroxyl groups excluding tert-OH is 2. The molecule has 3 nitrogen and oxygen atoms in total. The summed E-state index contributed by atoms with van der Waals surface area (Å²) in [4.78, 5) is 0. The van der Waals surface area contributed by atoms with Crippen molar-refractivity contribution in [2.24, 2.45) is 29.1 Å². The molecule has 3 aliphatic rings. The van der Waals surface area contributed by atoms with Crippen LogP contribution in [0.1, 0.15) is 92.4 Å². The molecular formula is C28H46O3. The van der Waals surface area contributed by atoms with Crippen LogP contribution < -0.4 is 0 Å². The van der Waals surface area contributed by atoms with Crippen molar-refractivity contribution >= 4 is 0 Å². The van der Waals surface area contributed by atoms with Gasteiger partial charge >= 0.3 is 0 Å². The molecule has 0 aromatic rings. The van der Waals surface area contributed by atoms with Crippen molar-refractivity contribution in [1.82, 2.24) is 0 Å². The summed E-state index contributed by atoms with van der Waals surface area (Å²) in [6, 6.07) is 0. The first-order valence-corrected chi connectivity index (χ1v) is 12.6. The molecule has 3 saturated carbocycles. The molecule has 0 aliphatic heterocycles. The number of rotatable bonds is 6. The van der Waals surface area contributed by atoms with Gasteiger partial charge in [-0.05, 0) is 93.1 Å². The van der Waals surface area contributed by atoms with Gasteiger partial charge < -0.3 is 15.3 Å². The lowest BCUT2D eigenvalue weighted by atomic mass is 9.60. The number of hydrogen-bond acceptors (Lipinski definition) is 3. The van der Waals surface area contributed by atoms with Gasteiger partial charge in [0.25, 0.3) is 0 Å². The van der Waals surface area contributed by atoms with Crippen LogP contribution in [-0.2, 0) is 0 Å². The molecule has 0 aromatic heterocycles. The van der Waals surface area contributed by atoms with Gasteiger partial charge in [-0.15, -0.1) is 0 Å². The standard InChI is InChI=1S/C28H46O3/c1-18(9-7-15-27(4,5)31)23-13-14-24-21(10-8-16-28(23,24)6)11-12-22-17-25(29)20(3)26(30)19(22)2/h11-12,18,20,23-26,29-31H,2,7-10,13-17H2,1,3-6H3/t18-,20+,23?,24?,25-,26-,28?/m1/s1. The maximum Gasteiger partial charge on any atom is 0.0837 e. The van der Waals surface area contributed by atoms with Crippen molar-refractivity contribution in [3.63, 3.8) is 0 Å². The molecule has 0 amide bonds. The van der Waals surface area contributed by atoms with E-state index >= 15 is 0 Å². The normalized spacial score (nSPS) is 40.4. The van der Waals surface area contributed by atoms with Crippen LogP contribution in [0.5, 0.6) is 0 Å². The molecule has 3 rings (SSSR count). The van der Waals surface area contributed by atoms with Gasteiger partial charge in [-0.25, -0.2) is 0 Å². The van der Waals surface area contributed by atoms with Gasteiger partial charge in [0.1, 0.15) is 0 Å². The lowest BCUT2D eigenvalue weighted by Crippen LogP contribution is -2.36. The van der Waals surface area contributed by atoms with Gasteiger partial charge in [-0.2, -0.15) is 0 Å². The third-order valence-electron chi connectivity index (χ3n) is 8.97. The van der Waals surface area contributed by atoms with E-state index < -0.39 is 17.8 Å². The highest BCUT2D eigenvalue weighted by Crippen LogP contribution is 2.60. The Morgan fingerprint density at radius 2 is 1.94 bits per heavy atom. The summed E-state index contributed by atoms with van der Waals surface area (Å²) in [5.41, 5.74) is 3.15. The smallest absolute Gasteiger partial charge is 0.0837 e. The van der Waals surface area contributed by atoms with E-state index in [1.807, 2.05) is 20.8 Å². The fourth-order valence-corrected chi connectivity index (χ4v) is 6.91. The highest BCUT2D eigenvalue weighted by atomic mass is 16.3. The third-order valence-corrected chi connectivity index (χ3v) is 8.97. The Balaban J connectivity index is 1.71. The molecule has 0 bridgehead atoms. The molecule has 31 heavy (non-hydrogen) atoms. The van der Waals surface area contributed by atoms with Crippen molar-refractivity contribution in [2.75, 3.05) is 0 Å². The molecule has 3 aliphatic carbocycles. The molecule has 0 saturated heterocycles. The van der Waals surface area contributed by atoms with E-state index in [4.69, 9.17) is 0 Å². The van der Waals surface area contributed by atoms with E-state index in [2.05, 4.69) is 32.6 Å². The van der Waals surface area contributed by atoms with Gasteiger partial charge in [0, 0.05) is 5.92 Å². The zero-order chi connectivity index (χ0) is 23.0. The Labute approximate surface area is 190 Å². The molecule has 7 atom stereocenters. The molecule has 0 radical (unpaired) electrons. The van der Waals surface area contributed by atoms with Crippen molar-refractivity contribution in [2.45, 2.75) is 110 Å². The van der Waals surface area contributed by atoms with E-state index in [0.717, 1.165) is 36.3 Å². The third kappa shape index (κ3) is 5.37. The lowest BCUT2D eigenvalue weighted by molar-refractivity contribution is 0.0283. The monoisotopic (exact) mass is 430 g/mol. The van der Waals surface area contributed by atoms with Gasteiger partial charge in [-0.3, -0.25) is 0 Å². The van der Waals surface area contributed by atoms with E-state index in [1.54, 1.807) is 5.57 Å². The number of aliphatic hydroxyl groups is 3. The Kier molecular flexibility index (Phi) is 7.61. The number of allylic oxidation sites excluding steroid dienone is 3. The molecule has 0 heterocycles. The molecule has 3 heteroatoms. The second-order valence-corrected chi connectivity index (χ2v) is 11.8. The Hall–Kier alpha value is -0.900. The molecule has 3 unspecified atom stereocenters. The van der Waals surface area contributed by atoms with E-state index in [1.165, 1.54) is 32.1 Å². The molecule has 176 valence electrons. The molecule has 0 aromatic carbocycles. The average molecular weight is 431 g/mol. The summed E-state index contributed by atoms with van der Waals surface area (Å²) >= 11 is 0. The van der Waals surface area contributed by atoms with Crippen LogP contribution in [0.4, 0.5) is 0 Å². The zero-order valence-electron chi connectivity index (χ0n) is 20.5. The van der Waals surface area contributed by atoms with E-state index in [-0.39, 0.29) is 5.92 Å². The molecule has 0 spiro atoms. The zero-order valence-corrected chi connectivity index (χ0v) is 20.5. The minimum Gasteiger partial charge on any atom is -0.392 e. The summed E-state index contributed by atoms with van der Waals surface area (Å²) in [6.07, 6.45) is 13.4. The summed E-state index contributed by atoms with van der Waals surface area (Å²) in [7, 11) is 0. The van der Waals surface area contributed by atoms with Crippen molar-refractivity contribution < 1.29 is 15.3 Å². The quantitative estimate of drug-likeness (QED) is 0.488. The largest absolute Gasteiger partial charge is 0.392 e. The molecule has 3 fully saturated rings. The minimum absolute atomic E-state index is 0.149. The second-order valence-electron chi connectivity index (χ2n) is 11.8. The Bertz CT molecular complexity index is 712. The van der Waals surface area contributed by atoms with Crippen LogP contribution in [0, 0.1) is 29.1 Å². The fraction of sp³-hybridized carbons (Fsp3) is 0.786. The van der Waals surface area contributed by atoms with Crippen molar-refractivity contribution in [1.29, 1.82) is 0 Å². The first kappa shape index (κ1) is 24.7. The maximum atomic E-state index is 10.4. The fourth-order valence-electron chi connectivity index (χ4n) is 6.91. The van der Waals surface area contributed by atoms with Gasteiger partial charge in [-0.1, -0.05) is 57.9 Å². The van der Waals surface area contributed by atoms with E-state index in [9.17, 15) is 15.3 Å². The summed E-state index contributed by atoms with van der Waals surface area (Å²) in [5, 5.41) is 30.7. The van der Waals surface area contributed by atoms with Crippen LogP contribution in [0.2, 0.25) is 0 Å². The highest BCUT2D eigenvalue weighted by molar-refractivity contribution is 5.39. The maximum absolute atomic E-state index is 10.4. The Morgan fingerprint density at radius 1 is 1.23 bits per heavy atom. The first-order valence-electron chi connectivity index (χ1n) is 12.6. The van der Waals surface area contributed by atoms with Crippen LogP contribution in [0.25, 0.3) is 0 Å². The Morgan fingerprint density at radius 3 is 2.61 bits per heavy atom. The van der Waals surface area contributed by atoms with Crippen LogP contribution in [0.15, 0.2) is 35.5 Å². The van der Waals surface area contributed by atoms with Gasteiger partial charge in [0.05, 0.1) is 17.8 Å². The van der Waals surface area contributed by atoms with Crippen LogP contribution in [0.3, 0.4) is 0 Å². The van der Waals surface area contributed by atoms with Crippen molar-refractivity contribution in [3.8, 4) is 0 Å². The first-order chi connectivity index (χ1) is 14.4. The second kappa shape index (κ2) is 9.53. The molecule has 3 N–H and O–H groups in total. The average Bonchev–Trinajstić information content (AvgIpc) is 3.04. The minimum atomic E-state index is -0.648. The molecular weight excluding hydrogens is 384 g/mol. The van der Waals surface area contributed by atoms with E-state index in [0.29, 0.717) is 23.7 Å². The van der Waals surface area contributed by atoms with Gasteiger partial charge in [0.2, 0.25) is 0 Å². The predicted molar refractivity (Wildman–Crippen MR) is 129 cm³/mol. The summed E-state index contributed by atoms with van der Waals surface area (Å²) < 4.78 is 0. The SMILES string of the molecule is C=C1C(=CC=C2CCCC3(C)C2CCC3[C@H](C)CCCC(C)(C)O)C[C@@H](O)[C@H](C)[C@@H]1O.